The molecule has 2 aliphatic rings. The van der Waals surface area contributed by atoms with Crippen LogP contribution in [-0.2, 0) is 17.6 Å². The first-order valence-corrected chi connectivity index (χ1v) is 10.1. The lowest BCUT2D eigenvalue weighted by molar-refractivity contribution is -0.113. The van der Waals surface area contributed by atoms with Crippen LogP contribution in [0.5, 0.6) is 0 Å². The van der Waals surface area contributed by atoms with Gasteiger partial charge in [0.25, 0.3) is 0 Å². The minimum atomic E-state index is 0.00458. The molecule has 4 rings (SSSR count). The average molecular weight is 357 g/mol. The number of rotatable bonds is 5. The number of carbonyl (C=O) groups excluding carboxylic acids is 1. The zero-order valence-electron chi connectivity index (χ0n) is 14.3. The summed E-state index contributed by atoms with van der Waals surface area (Å²) in [6, 6.07) is 6.61. The molecule has 0 atom stereocenters. The molecule has 7 heteroatoms. The Morgan fingerprint density at radius 3 is 2.92 bits per heavy atom. The van der Waals surface area contributed by atoms with Crippen LogP contribution in [-0.4, -0.2) is 31.9 Å². The van der Waals surface area contributed by atoms with Gasteiger partial charge < -0.3 is 5.32 Å². The van der Waals surface area contributed by atoms with Crippen molar-refractivity contribution in [2.24, 2.45) is 0 Å². The molecule has 1 amide bonds. The third-order valence-corrected chi connectivity index (χ3v) is 6.07. The highest BCUT2D eigenvalue weighted by Gasteiger charge is 2.22. The highest BCUT2D eigenvalue weighted by atomic mass is 32.2. The van der Waals surface area contributed by atoms with E-state index in [1.807, 2.05) is 16.8 Å². The number of benzene rings is 1. The molecule has 1 saturated carbocycles. The molecule has 1 aromatic carbocycles. The van der Waals surface area contributed by atoms with Gasteiger partial charge in [0.1, 0.15) is 0 Å². The average Bonchev–Trinajstić information content (AvgIpc) is 3.31. The maximum atomic E-state index is 12.4. The second-order valence-corrected chi connectivity index (χ2v) is 7.77. The second kappa shape index (κ2) is 7.56. The Morgan fingerprint density at radius 1 is 1.20 bits per heavy atom. The van der Waals surface area contributed by atoms with Gasteiger partial charge in [-0.05, 0) is 66.1 Å². The van der Waals surface area contributed by atoms with Crippen LogP contribution in [0.1, 0.15) is 55.7 Å². The Kier molecular flexibility index (Phi) is 5.01. The van der Waals surface area contributed by atoms with E-state index in [1.165, 1.54) is 48.6 Å². The van der Waals surface area contributed by atoms with E-state index in [0.717, 1.165) is 36.5 Å². The van der Waals surface area contributed by atoms with Crippen molar-refractivity contribution in [1.82, 2.24) is 20.2 Å². The number of tetrazole rings is 1. The van der Waals surface area contributed by atoms with Crippen LogP contribution in [0.2, 0.25) is 0 Å². The van der Waals surface area contributed by atoms with Gasteiger partial charge >= 0.3 is 0 Å². The van der Waals surface area contributed by atoms with Gasteiger partial charge in [-0.2, -0.15) is 0 Å². The fourth-order valence-electron chi connectivity index (χ4n) is 3.87. The Balaban J connectivity index is 1.38. The topological polar surface area (TPSA) is 72.7 Å². The van der Waals surface area contributed by atoms with Gasteiger partial charge in [-0.1, -0.05) is 36.7 Å². The number of aromatic nitrogens is 4. The molecular weight excluding hydrogens is 334 g/mol. The van der Waals surface area contributed by atoms with Crippen molar-refractivity contribution in [2.75, 3.05) is 11.1 Å². The smallest absolute Gasteiger partial charge is 0.234 e. The lowest BCUT2D eigenvalue weighted by Gasteiger charge is -2.19. The van der Waals surface area contributed by atoms with Crippen molar-refractivity contribution in [3.63, 3.8) is 0 Å². The fourth-order valence-corrected chi connectivity index (χ4v) is 4.62. The predicted octanol–water partition coefficient (Wildman–Crippen LogP) is 3.40. The number of fused-ring (bicyclic) bond motifs is 1. The zero-order chi connectivity index (χ0) is 17.1. The monoisotopic (exact) mass is 357 g/mol. The Bertz CT molecular complexity index is 754. The van der Waals surface area contributed by atoms with Crippen LogP contribution < -0.4 is 5.32 Å². The molecule has 25 heavy (non-hydrogen) atoms. The standard InChI is InChI=1S/C18H23N5OS/c24-17(19-16-11-5-7-13-6-1-4-10-15(13)16)12-25-18-20-21-22-23(18)14-8-2-3-9-14/h5,7,11,14H,1-4,6,8-10,12H2,(H,19,24). The first kappa shape index (κ1) is 16.6. The summed E-state index contributed by atoms with van der Waals surface area (Å²) in [5.41, 5.74) is 3.66. The normalized spacial score (nSPS) is 17.4. The summed E-state index contributed by atoms with van der Waals surface area (Å²) in [5, 5.41) is 15.8. The van der Waals surface area contributed by atoms with Crippen LogP contribution in [0, 0.1) is 0 Å². The fraction of sp³-hybridized carbons (Fsp3) is 0.556. The molecule has 1 N–H and O–H groups in total. The van der Waals surface area contributed by atoms with Crippen LogP contribution in [0.3, 0.4) is 0 Å². The molecule has 1 fully saturated rings. The maximum Gasteiger partial charge on any atom is 0.234 e. The minimum Gasteiger partial charge on any atom is -0.325 e. The van der Waals surface area contributed by atoms with Crippen molar-refractivity contribution in [3.8, 4) is 0 Å². The van der Waals surface area contributed by atoms with Gasteiger partial charge in [0, 0.05) is 5.69 Å². The molecule has 1 heterocycles. The first-order chi connectivity index (χ1) is 12.3. The van der Waals surface area contributed by atoms with Crippen LogP contribution in [0.15, 0.2) is 23.4 Å². The number of hydrogen-bond acceptors (Lipinski definition) is 5. The molecule has 0 radical (unpaired) electrons. The summed E-state index contributed by atoms with van der Waals surface area (Å²) in [4.78, 5) is 12.4. The van der Waals surface area contributed by atoms with E-state index in [1.54, 1.807) is 0 Å². The van der Waals surface area contributed by atoms with Crippen molar-refractivity contribution >= 4 is 23.4 Å². The van der Waals surface area contributed by atoms with E-state index in [-0.39, 0.29) is 5.91 Å². The molecule has 2 aliphatic carbocycles. The summed E-state index contributed by atoms with van der Waals surface area (Å²) in [5.74, 6) is 0.335. The van der Waals surface area contributed by atoms with Crippen molar-refractivity contribution in [3.05, 3.63) is 29.3 Å². The number of amides is 1. The van der Waals surface area contributed by atoms with Gasteiger partial charge in [-0.15, -0.1) is 5.10 Å². The molecule has 132 valence electrons. The third-order valence-electron chi connectivity index (χ3n) is 5.14. The second-order valence-electron chi connectivity index (χ2n) is 6.83. The number of nitrogens with zero attached hydrogens (tertiary/aromatic N) is 4. The zero-order valence-corrected chi connectivity index (χ0v) is 15.1. The minimum absolute atomic E-state index is 0.00458. The van der Waals surface area contributed by atoms with Crippen LogP contribution in [0.25, 0.3) is 0 Å². The molecule has 0 aliphatic heterocycles. The van der Waals surface area contributed by atoms with Crippen LogP contribution >= 0.6 is 11.8 Å². The third kappa shape index (κ3) is 3.71. The summed E-state index contributed by atoms with van der Waals surface area (Å²) in [7, 11) is 0. The number of nitrogens with one attached hydrogen (secondary N) is 1. The van der Waals surface area contributed by atoms with E-state index in [9.17, 15) is 4.79 Å². The first-order valence-electron chi connectivity index (χ1n) is 9.12. The Hall–Kier alpha value is -1.89. The summed E-state index contributed by atoms with van der Waals surface area (Å²) in [6.07, 6.45) is 9.32. The molecule has 6 nitrogen and oxygen atoms in total. The Labute approximate surface area is 151 Å². The van der Waals surface area contributed by atoms with Crippen LogP contribution in [0.4, 0.5) is 5.69 Å². The molecule has 0 spiro atoms. The SMILES string of the molecule is O=C(CSc1nnnn1C1CCCC1)Nc1cccc2c1CCCC2. The number of thioether (sulfide) groups is 1. The molecular formula is C18H23N5OS. The van der Waals surface area contributed by atoms with E-state index in [0.29, 0.717) is 11.8 Å². The van der Waals surface area contributed by atoms with Gasteiger partial charge in [0.05, 0.1) is 11.8 Å². The van der Waals surface area contributed by atoms with Gasteiger partial charge in [-0.25, -0.2) is 4.68 Å². The van der Waals surface area contributed by atoms with Crippen molar-refractivity contribution in [2.45, 2.75) is 62.6 Å². The summed E-state index contributed by atoms with van der Waals surface area (Å²) in [6.45, 7) is 0. The van der Waals surface area contributed by atoms with E-state index in [2.05, 4.69) is 26.9 Å². The maximum absolute atomic E-state index is 12.4. The van der Waals surface area contributed by atoms with Gasteiger partial charge in [0.15, 0.2) is 0 Å². The Morgan fingerprint density at radius 2 is 2.04 bits per heavy atom. The number of carbonyl (C=O) groups is 1. The molecule has 0 unspecified atom stereocenters. The number of anilines is 1. The lowest BCUT2D eigenvalue weighted by atomic mass is 9.90. The number of hydrogen-bond donors (Lipinski definition) is 1. The largest absolute Gasteiger partial charge is 0.325 e. The molecule has 0 saturated heterocycles. The predicted molar refractivity (Wildman–Crippen MR) is 97.8 cm³/mol. The number of aryl methyl sites for hydroxylation is 1. The summed E-state index contributed by atoms with van der Waals surface area (Å²) >= 11 is 1.42. The highest BCUT2D eigenvalue weighted by Crippen LogP contribution is 2.32. The van der Waals surface area contributed by atoms with E-state index < -0.39 is 0 Å². The molecule has 1 aromatic heterocycles. The van der Waals surface area contributed by atoms with Gasteiger partial charge in [-0.3, -0.25) is 4.79 Å². The lowest BCUT2D eigenvalue weighted by Crippen LogP contribution is -2.17. The quantitative estimate of drug-likeness (QED) is 0.830. The van der Waals surface area contributed by atoms with Crippen molar-refractivity contribution in [1.29, 1.82) is 0 Å². The highest BCUT2D eigenvalue weighted by molar-refractivity contribution is 7.99. The van der Waals surface area contributed by atoms with Gasteiger partial charge in [0.2, 0.25) is 11.1 Å². The van der Waals surface area contributed by atoms with Crippen molar-refractivity contribution < 1.29 is 4.79 Å². The van der Waals surface area contributed by atoms with E-state index >= 15 is 0 Å². The van der Waals surface area contributed by atoms with E-state index in [4.69, 9.17) is 0 Å². The molecule has 2 aromatic rings. The molecule has 0 bridgehead atoms. The summed E-state index contributed by atoms with van der Waals surface area (Å²) < 4.78 is 1.90.